The molecule has 5 heteroatoms. The topological polar surface area (TPSA) is 71.5 Å². The molecule has 0 aliphatic rings. The van der Waals surface area contributed by atoms with Crippen LogP contribution >= 0.6 is 0 Å². The molecule has 0 fully saturated rings. The highest BCUT2D eigenvalue weighted by atomic mass is 16.1. The van der Waals surface area contributed by atoms with Gasteiger partial charge < -0.3 is 4.98 Å². The number of aromatic nitrogens is 4. The molecule has 0 saturated heterocycles. The van der Waals surface area contributed by atoms with Crippen LogP contribution in [0, 0.1) is 0 Å². The molecule has 1 N–H and O–H groups in total. The van der Waals surface area contributed by atoms with E-state index in [1.165, 1.54) is 0 Å². The summed E-state index contributed by atoms with van der Waals surface area (Å²) in [6.45, 7) is 4.17. The third-order valence-electron chi connectivity index (χ3n) is 3.58. The summed E-state index contributed by atoms with van der Waals surface area (Å²) >= 11 is 0. The van der Waals surface area contributed by atoms with Crippen molar-refractivity contribution in [2.24, 2.45) is 0 Å². The molecule has 3 aromatic rings. The lowest BCUT2D eigenvalue weighted by molar-refractivity contribution is 0.0986. The van der Waals surface area contributed by atoms with Gasteiger partial charge in [-0.05, 0) is 36.2 Å². The van der Waals surface area contributed by atoms with Crippen molar-refractivity contribution < 1.29 is 4.79 Å². The van der Waals surface area contributed by atoms with Gasteiger partial charge in [0.05, 0.1) is 23.5 Å². The molecule has 5 nitrogen and oxygen atoms in total. The minimum atomic E-state index is -0.0185. The maximum absolute atomic E-state index is 12.4. The molecule has 0 bridgehead atoms. The van der Waals surface area contributed by atoms with Crippen LogP contribution in [0.5, 0.6) is 0 Å². The zero-order chi connectivity index (χ0) is 16.2. The summed E-state index contributed by atoms with van der Waals surface area (Å²) in [6.07, 6.45) is 3.54. The predicted molar refractivity (Wildman–Crippen MR) is 88.2 cm³/mol. The van der Waals surface area contributed by atoms with E-state index in [0.29, 0.717) is 17.4 Å². The van der Waals surface area contributed by atoms with E-state index >= 15 is 0 Å². The molecule has 0 amide bonds. The van der Waals surface area contributed by atoms with E-state index in [4.69, 9.17) is 0 Å². The first kappa shape index (κ1) is 15.1. The van der Waals surface area contributed by atoms with Crippen LogP contribution in [0.2, 0.25) is 0 Å². The highest BCUT2D eigenvalue weighted by Gasteiger charge is 2.13. The lowest BCUT2D eigenvalue weighted by Crippen LogP contribution is -2.08. The molecule has 0 aliphatic carbocycles. The minimum Gasteiger partial charge on any atom is -0.356 e. The highest BCUT2D eigenvalue weighted by molar-refractivity contribution is 5.95. The van der Waals surface area contributed by atoms with Crippen molar-refractivity contribution in [2.75, 3.05) is 0 Å². The van der Waals surface area contributed by atoms with Crippen LogP contribution in [0.3, 0.4) is 0 Å². The average Bonchev–Trinajstić information content (AvgIpc) is 3.06. The molecule has 0 aliphatic heterocycles. The van der Waals surface area contributed by atoms with Crippen LogP contribution in [-0.2, 0) is 6.42 Å². The fourth-order valence-electron chi connectivity index (χ4n) is 2.29. The van der Waals surface area contributed by atoms with Crippen LogP contribution in [0.15, 0.2) is 48.8 Å². The zero-order valence-corrected chi connectivity index (χ0v) is 13.2. The van der Waals surface area contributed by atoms with Gasteiger partial charge in [-0.1, -0.05) is 19.9 Å². The number of rotatable bonds is 5. The normalized spacial score (nSPS) is 10.9. The van der Waals surface area contributed by atoms with Crippen LogP contribution in [0.25, 0.3) is 11.4 Å². The molecular weight excluding hydrogens is 288 g/mol. The van der Waals surface area contributed by atoms with Gasteiger partial charge in [0.15, 0.2) is 5.78 Å². The number of Topliss-reactive ketones (excluding diaryl/α,β-unsaturated/α-hetero) is 1. The molecule has 0 unspecified atom stereocenters. The number of carbonyl (C=O) groups is 1. The third-order valence-corrected chi connectivity index (χ3v) is 3.58. The van der Waals surface area contributed by atoms with Crippen molar-refractivity contribution in [3.05, 3.63) is 66.0 Å². The molecule has 0 radical (unpaired) electrons. The summed E-state index contributed by atoms with van der Waals surface area (Å²) in [5.74, 6) is 0.842. The predicted octanol–water partition coefficient (Wildman–Crippen LogP) is 3.42. The number of nitrogens with zero attached hydrogens (tertiary/aromatic N) is 3. The first-order valence-electron chi connectivity index (χ1n) is 7.59. The standard InChI is InChI=1S/C18H18N4O/c1-12(2)13-6-7-16(21-13)17(23)11-18-20-10-8-15(22-18)14-5-3-4-9-19-14/h3-10,12,21H,11H2,1-2H3. The third kappa shape index (κ3) is 3.51. The van der Waals surface area contributed by atoms with E-state index < -0.39 is 0 Å². The number of nitrogens with one attached hydrogen (secondary N) is 1. The monoisotopic (exact) mass is 306 g/mol. The SMILES string of the molecule is CC(C)c1ccc(C(=O)Cc2nccc(-c3ccccn3)n2)[nH]1. The summed E-state index contributed by atoms with van der Waals surface area (Å²) in [5, 5.41) is 0. The molecular formula is C18H18N4O. The van der Waals surface area contributed by atoms with Crippen LogP contribution in [-0.4, -0.2) is 25.7 Å². The summed E-state index contributed by atoms with van der Waals surface area (Å²) in [5.41, 5.74) is 3.14. The van der Waals surface area contributed by atoms with Gasteiger partial charge in [-0.25, -0.2) is 9.97 Å². The second kappa shape index (κ2) is 6.52. The molecule has 23 heavy (non-hydrogen) atoms. The second-order valence-electron chi connectivity index (χ2n) is 5.66. The Kier molecular flexibility index (Phi) is 4.28. The Morgan fingerprint density at radius 3 is 2.61 bits per heavy atom. The molecule has 0 aromatic carbocycles. The van der Waals surface area contributed by atoms with Crippen molar-refractivity contribution in [2.45, 2.75) is 26.2 Å². The molecule has 0 spiro atoms. The molecule has 0 atom stereocenters. The van der Waals surface area contributed by atoms with Crippen molar-refractivity contribution >= 4 is 5.78 Å². The van der Waals surface area contributed by atoms with Gasteiger partial charge in [-0.3, -0.25) is 9.78 Å². The van der Waals surface area contributed by atoms with E-state index in [2.05, 4.69) is 33.8 Å². The van der Waals surface area contributed by atoms with Gasteiger partial charge in [-0.15, -0.1) is 0 Å². The number of hydrogen-bond donors (Lipinski definition) is 1. The van der Waals surface area contributed by atoms with Gasteiger partial charge in [0, 0.05) is 18.1 Å². The molecule has 3 rings (SSSR count). The molecule has 0 saturated carbocycles. The number of carbonyl (C=O) groups excluding carboxylic acids is 1. The average molecular weight is 306 g/mol. The van der Waals surface area contributed by atoms with Gasteiger partial charge in [0.25, 0.3) is 0 Å². The Bertz CT molecular complexity index is 809. The smallest absolute Gasteiger partial charge is 0.186 e. The molecule has 3 aromatic heterocycles. The van der Waals surface area contributed by atoms with Gasteiger partial charge >= 0.3 is 0 Å². The Morgan fingerprint density at radius 1 is 1.04 bits per heavy atom. The fourth-order valence-corrected chi connectivity index (χ4v) is 2.29. The van der Waals surface area contributed by atoms with Crippen LogP contribution in [0.1, 0.15) is 41.8 Å². The van der Waals surface area contributed by atoms with Gasteiger partial charge in [0.2, 0.25) is 0 Å². The minimum absolute atomic E-state index is 0.0185. The van der Waals surface area contributed by atoms with Crippen molar-refractivity contribution in [3.63, 3.8) is 0 Å². The van der Waals surface area contributed by atoms with Crippen LogP contribution < -0.4 is 0 Å². The number of aromatic amines is 1. The highest BCUT2D eigenvalue weighted by Crippen LogP contribution is 2.16. The number of ketones is 1. The summed E-state index contributed by atoms with van der Waals surface area (Å²) in [7, 11) is 0. The van der Waals surface area contributed by atoms with Crippen molar-refractivity contribution in [1.29, 1.82) is 0 Å². The van der Waals surface area contributed by atoms with Crippen molar-refractivity contribution in [1.82, 2.24) is 19.9 Å². The molecule has 3 heterocycles. The van der Waals surface area contributed by atoms with E-state index in [1.54, 1.807) is 18.5 Å². The summed E-state index contributed by atoms with van der Waals surface area (Å²) in [6, 6.07) is 11.2. The van der Waals surface area contributed by atoms with E-state index in [0.717, 1.165) is 17.1 Å². The quantitative estimate of drug-likeness (QED) is 0.733. The largest absolute Gasteiger partial charge is 0.356 e. The number of pyridine rings is 1. The Labute approximate surface area is 134 Å². The maximum atomic E-state index is 12.4. The fraction of sp³-hybridized carbons (Fsp3) is 0.222. The van der Waals surface area contributed by atoms with E-state index in [1.807, 2.05) is 30.3 Å². The number of hydrogen-bond acceptors (Lipinski definition) is 4. The van der Waals surface area contributed by atoms with E-state index in [9.17, 15) is 4.79 Å². The van der Waals surface area contributed by atoms with Crippen LogP contribution in [0.4, 0.5) is 0 Å². The molecule has 116 valence electrons. The lowest BCUT2D eigenvalue weighted by atomic mass is 10.1. The maximum Gasteiger partial charge on any atom is 0.186 e. The summed E-state index contributed by atoms with van der Waals surface area (Å²) < 4.78 is 0. The lowest BCUT2D eigenvalue weighted by Gasteiger charge is -2.03. The van der Waals surface area contributed by atoms with Gasteiger partial charge in [0.1, 0.15) is 5.82 Å². The van der Waals surface area contributed by atoms with Gasteiger partial charge in [-0.2, -0.15) is 0 Å². The Balaban J connectivity index is 1.78. The van der Waals surface area contributed by atoms with E-state index in [-0.39, 0.29) is 12.2 Å². The first-order chi connectivity index (χ1) is 11.1. The first-order valence-corrected chi connectivity index (χ1v) is 7.59. The summed E-state index contributed by atoms with van der Waals surface area (Å²) in [4.78, 5) is 28.4. The Hall–Kier alpha value is -2.82. The zero-order valence-electron chi connectivity index (χ0n) is 13.2. The second-order valence-corrected chi connectivity index (χ2v) is 5.66. The number of H-pyrrole nitrogens is 1. The van der Waals surface area contributed by atoms with Crippen molar-refractivity contribution in [3.8, 4) is 11.4 Å². The Morgan fingerprint density at radius 2 is 1.91 bits per heavy atom.